The molecule has 2 N–H and O–H groups in total. The number of rotatable bonds is 5. The Morgan fingerprint density at radius 3 is 2.62 bits per heavy atom. The van der Waals surface area contributed by atoms with E-state index in [4.69, 9.17) is 23.2 Å². The fraction of sp³-hybridized carbons (Fsp3) is 0.286. The second-order valence-corrected chi connectivity index (χ2v) is 6.37. The summed E-state index contributed by atoms with van der Waals surface area (Å²) in [7, 11) is 0. The largest absolute Gasteiger partial charge is 0.388 e. The SMILES string of the molecule is Cc1ncsc1CNC(=O)CC(O)c1cc(Cl)cc(Cl)c1. The number of nitrogens with zero attached hydrogens (tertiary/aromatic N) is 1. The highest BCUT2D eigenvalue weighted by Crippen LogP contribution is 2.25. The van der Waals surface area contributed by atoms with Gasteiger partial charge in [-0.15, -0.1) is 11.3 Å². The first kappa shape index (κ1) is 16.2. The summed E-state index contributed by atoms with van der Waals surface area (Å²) in [6, 6.07) is 4.77. The van der Waals surface area contributed by atoms with Crippen LogP contribution in [0.15, 0.2) is 23.7 Å². The number of aryl methyl sites for hydroxylation is 1. The standard InChI is InChI=1S/C14H14Cl2N2O2S/c1-8-13(21-7-18-8)6-17-14(20)5-12(19)9-2-10(15)4-11(16)3-9/h2-4,7,12,19H,5-6H2,1H3,(H,17,20). The number of nitrogens with one attached hydrogen (secondary N) is 1. The van der Waals surface area contributed by atoms with Gasteiger partial charge in [-0.25, -0.2) is 4.98 Å². The van der Waals surface area contributed by atoms with Crippen LogP contribution in [0.25, 0.3) is 0 Å². The van der Waals surface area contributed by atoms with Crippen molar-refractivity contribution < 1.29 is 9.90 Å². The lowest BCUT2D eigenvalue weighted by molar-refractivity contribution is -0.123. The summed E-state index contributed by atoms with van der Waals surface area (Å²) in [6.07, 6.45) is -0.988. The van der Waals surface area contributed by atoms with Crippen LogP contribution in [0, 0.1) is 6.92 Å². The minimum atomic E-state index is -0.941. The molecule has 1 amide bonds. The first-order valence-corrected chi connectivity index (χ1v) is 7.89. The maximum absolute atomic E-state index is 11.9. The summed E-state index contributed by atoms with van der Waals surface area (Å²) in [6.45, 7) is 2.30. The van der Waals surface area contributed by atoms with Crippen molar-refractivity contribution in [3.8, 4) is 0 Å². The van der Waals surface area contributed by atoms with Gasteiger partial charge in [0.2, 0.25) is 5.91 Å². The average molecular weight is 345 g/mol. The van der Waals surface area contributed by atoms with Gasteiger partial charge in [0.05, 0.1) is 30.3 Å². The number of thiazole rings is 1. The van der Waals surface area contributed by atoms with E-state index in [0.717, 1.165) is 10.6 Å². The van der Waals surface area contributed by atoms with Crippen LogP contribution in [0.1, 0.15) is 28.7 Å². The molecular formula is C14H14Cl2N2O2S. The zero-order chi connectivity index (χ0) is 15.4. The monoisotopic (exact) mass is 344 g/mol. The van der Waals surface area contributed by atoms with Crippen LogP contribution in [0.4, 0.5) is 0 Å². The number of benzene rings is 1. The Labute approximate surface area is 136 Å². The first-order valence-electron chi connectivity index (χ1n) is 6.25. The predicted molar refractivity (Wildman–Crippen MR) is 84.7 cm³/mol. The van der Waals surface area contributed by atoms with Crippen molar-refractivity contribution in [2.75, 3.05) is 0 Å². The average Bonchev–Trinajstić information content (AvgIpc) is 2.80. The number of aromatic nitrogens is 1. The van der Waals surface area contributed by atoms with Crippen molar-refractivity contribution in [1.29, 1.82) is 0 Å². The van der Waals surface area contributed by atoms with Crippen LogP contribution in [0.2, 0.25) is 10.0 Å². The molecule has 0 spiro atoms. The molecular weight excluding hydrogens is 331 g/mol. The van der Waals surface area contributed by atoms with Crippen LogP contribution in [-0.2, 0) is 11.3 Å². The topological polar surface area (TPSA) is 62.2 Å². The molecule has 1 atom stereocenters. The van der Waals surface area contributed by atoms with Gasteiger partial charge < -0.3 is 10.4 Å². The van der Waals surface area contributed by atoms with Crippen molar-refractivity contribution in [3.05, 3.63) is 49.9 Å². The number of aliphatic hydroxyl groups excluding tert-OH is 1. The summed E-state index contributed by atoms with van der Waals surface area (Å²) < 4.78 is 0. The number of hydrogen-bond acceptors (Lipinski definition) is 4. The third-order valence-corrected chi connectivity index (χ3v) is 4.31. The van der Waals surface area contributed by atoms with E-state index in [1.165, 1.54) is 11.3 Å². The highest BCUT2D eigenvalue weighted by atomic mass is 35.5. The Bertz CT molecular complexity index is 625. The van der Waals surface area contributed by atoms with E-state index < -0.39 is 6.10 Å². The van der Waals surface area contributed by atoms with Gasteiger partial charge in [0, 0.05) is 14.9 Å². The third-order valence-electron chi connectivity index (χ3n) is 2.94. The van der Waals surface area contributed by atoms with E-state index in [-0.39, 0.29) is 12.3 Å². The van der Waals surface area contributed by atoms with Crippen molar-refractivity contribution in [2.24, 2.45) is 0 Å². The number of carbonyl (C=O) groups is 1. The second kappa shape index (κ2) is 7.22. The third kappa shape index (κ3) is 4.68. The van der Waals surface area contributed by atoms with Crippen LogP contribution < -0.4 is 5.32 Å². The lowest BCUT2D eigenvalue weighted by Gasteiger charge is -2.12. The molecule has 0 saturated carbocycles. The molecule has 0 aliphatic rings. The predicted octanol–water partition coefficient (Wildman–Crippen LogP) is 3.50. The zero-order valence-electron chi connectivity index (χ0n) is 11.3. The van der Waals surface area contributed by atoms with Crippen LogP contribution in [0.5, 0.6) is 0 Å². The Morgan fingerprint density at radius 2 is 2.05 bits per heavy atom. The van der Waals surface area contributed by atoms with Gasteiger partial charge in [-0.1, -0.05) is 23.2 Å². The number of amides is 1. The van der Waals surface area contributed by atoms with Crippen molar-refractivity contribution in [1.82, 2.24) is 10.3 Å². The molecule has 2 rings (SSSR count). The molecule has 112 valence electrons. The highest BCUT2D eigenvalue weighted by molar-refractivity contribution is 7.09. The van der Waals surface area contributed by atoms with Gasteiger partial charge >= 0.3 is 0 Å². The molecule has 0 saturated heterocycles. The van der Waals surface area contributed by atoms with E-state index in [2.05, 4.69) is 10.3 Å². The fourth-order valence-corrected chi connectivity index (χ4v) is 3.07. The molecule has 1 heterocycles. The van der Waals surface area contributed by atoms with Crippen LogP contribution >= 0.6 is 34.5 Å². The van der Waals surface area contributed by atoms with E-state index in [0.29, 0.717) is 22.2 Å². The summed E-state index contributed by atoms with van der Waals surface area (Å²) >= 11 is 13.2. The quantitative estimate of drug-likeness (QED) is 0.872. The molecule has 21 heavy (non-hydrogen) atoms. The molecule has 0 bridgehead atoms. The summed E-state index contributed by atoms with van der Waals surface area (Å²) in [5.74, 6) is -0.244. The summed E-state index contributed by atoms with van der Waals surface area (Å²) in [4.78, 5) is 17.0. The van der Waals surface area contributed by atoms with Crippen LogP contribution in [-0.4, -0.2) is 16.0 Å². The molecule has 1 unspecified atom stereocenters. The van der Waals surface area contributed by atoms with E-state index in [1.807, 2.05) is 6.92 Å². The summed E-state index contributed by atoms with van der Waals surface area (Å²) in [5, 5.41) is 13.7. The lowest BCUT2D eigenvalue weighted by atomic mass is 10.1. The number of hydrogen-bond donors (Lipinski definition) is 2. The van der Waals surface area contributed by atoms with E-state index >= 15 is 0 Å². The molecule has 4 nitrogen and oxygen atoms in total. The Morgan fingerprint density at radius 1 is 1.38 bits per heavy atom. The minimum absolute atomic E-state index is 0.0471. The molecule has 0 aliphatic carbocycles. The van der Waals surface area contributed by atoms with E-state index in [9.17, 15) is 9.90 Å². The smallest absolute Gasteiger partial charge is 0.223 e. The summed E-state index contributed by atoms with van der Waals surface area (Å²) in [5.41, 5.74) is 3.17. The number of carbonyl (C=O) groups excluding carboxylic acids is 1. The molecule has 0 radical (unpaired) electrons. The molecule has 0 aliphatic heterocycles. The van der Waals surface area contributed by atoms with Gasteiger partial charge in [-0.3, -0.25) is 4.79 Å². The van der Waals surface area contributed by atoms with E-state index in [1.54, 1.807) is 23.7 Å². The molecule has 7 heteroatoms. The molecule has 1 aromatic carbocycles. The fourth-order valence-electron chi connectivity index (χ4n) is 1.81. The Balaban J connectivity index is 1.91. The number of halogens is 2. The van der Waals surface area contributed by atoms with Gasteiger partial charge in [-0.2, -0.15) is 0 Å². The van der Waals surface area contributed by atoms with Gasteiger partial charge in [-0.05, 0) is 30.7 Å². The van der Waals surface area contributed by atoms with Crippen molar-refractivity contribution >= 4 is 40.4 Å². The maximum atomic E-state index is 11.9. The number of aliphatic hydroxyl groups is 1. The lowest BCUT2D eigenvalue weighted by Crippen LogP contribution is -2.24. The van der Waals surface area contributed by atoms with Gasteiger partial charge in [0.25, 0.3) is 0 Å². The Kier molecular flexibility index (Phi) is 5.58. The highest BCUT2D eigenvalue weighted by Gasteiger charge is 2.14. The zero-order valence-corrected chi connectivity index (χ0v) is 13.6. The first-order chi connectivity index (χ1) is 9.95. The molecule has 2 aromatic rings. The van der Waals surface area contributed by atoms with Crippen molar-refractivity contribution in [3.63, 3.8) is 0 Å². The Hall–Kier alpha value is -1.14. The maximum Gasteiger partial charge on any atom is 0.223 e. The van der Waals surface area contributed by atoms with Crippen molar-refractivity contribution in [2.45, 2.75) is 26.0 Å². The molecule has 0 fully saturated rings. The van der Waals surface area contributed by atoms with Gasteiger partial charge in [0.1, 0.15) is 0 Å². The molecule has 1 aromatic heterocycles. The normalized spacial score (nSPS) is 12.2. The van der Waals surface area contributed by atoms with Gasteiger partial charge in [0.15, 0.2) is 0 Å². The minimum Gasteiger partial charge on any atom is -0.388 e. The second-order valence-electron chi connectivity index (χ2n) is 4.56. The van der Waals surface area contributed by atoms with Crippen LogP contribution in [0.3, 0.4) is 0 Å².